The quantitative estimate of drug-likeness (QED) is 0.591. The van der Waals surface area contributed by atoms with E-state index in [2.05, 4.69) is 15.9 Å². The molecule has 1 heterocycles. The fraction of sp³-hybridized carbons (Fsp3) is 0. The molecule has 0 fully saturated rings. The Labute approximate surface area is 153 Å². The fourth-order valence-corrected chi connectivity index (χ4v) is 4.86. The number of carbonyl (C=O) groups is 1. The molecule has 0 bridgehead atoms. The summed E-state index contributed by atoms with van der Waals surface area (Å²) in [4.78, 5) is 13.2. The van der Waals surface area contributed by atoms with Gasteiger partial charge in [-0.25, -0.2) is 8.42 Å². The molecule has 0 aromatic heterocycles. The maximum Gasteiger partial charge on any atom is 0.272 e. The van der Waals surface area contributed by atoms with E-state index in [4.69, 9.17) is 0 Å². The molecule has 0 saturated heterocycles. The number of rotatable bonds is 1. The van der Waals surface area contributed by atoms with Crippen LogP contribution in [0.4, 0.5) is 5.69 Å². The van der Waals surface area contributed by atoms with Gasteiger partial charge in [0.1, 0.15) is 0 Å². The number of nitrogens with zero attached hydrogens (tertiary/aromatic N) is 1. The van der Waals surface area contributed by atoms with Crippen molar-refractivity contribution in [2.75, 3.05) is 4.31 Å². The summed E-state index contributed by atoms with van der Waals surface area (Å²) >= 11 is 3.32. The first-order valence-corrected chi connectivity index (χ1v) is 9.77. The van der Waals surface area contributed by atoms with Gasteiger partial charge in [0.2, 0.25) is 0 Å². The van der Waals surface area contributed by atoms with Gasteiger partial charge in [0, 0.05) is 21.2 Å². The lowest BCUT2D eigenvalue weighted by molar-refractivity contribution is 0.101. The molecule has 0 unspecified atom stereocenters. The van der Waals surface area contributed by atoms with Crippen LogP contribution in [0.5, 0.6) is 0 Å². The standard InChI is InChI=1S/C19H12BrNO3S/c20-14-11-9-13(10-12-14)19(22)21-17-7-3-1-5-15(17)16-6-2-4-8-18(16)25(21,23)24/h1-12H. The highest BCUT2D eigenvalue weighted by Crippen LogP contribution is 2.43. The van der Waals surface area contributed by atoms with Gasteiger partial charge in [-0.1, -0.05) is 52.3 Å². The summed E-state index contributed by atoms with van der Waals surface area (Å²) in [5.41, 5.74) is 2.01. The van der Waals surface area contributed by atoms with E-state index in [1.165, 1.54) is 6.07 Å². The van der Waals surface area contributed by atoms with Gasteiger partial charge in [0.15, 0.2) is 0 Å². The van der Waals surface area contributed by atoms with E-state index in [-0.39, 0.29) is 4.90 Å². The van der Waals surface area contributed by atoms with Crippen molar-refractivity contribution in [1.82, 2.24) is 0 Å². The molecule has 0 radical (unpaired) electrons. The van der Waals surface area contributed by atoms with Crippen LogP contribution in [0.3, 0.4) is 0 Å². The van der Waals surface area contributed by atoms with Crippen molar-refractivity contribution in [3.05, 3.63) is 82.8 Å². The molecule has 25 heavy (non-hydrogen) atoms. The molecule has 1 amide bonds. The van der Waals surface area contributed by atoms with Gasteiger partial charge in [0.05, 0.1) is 10.6 Å². The molecule has 4 rings (SSSR count). The van der Waals surface area contributed by atoms with Crippen molar-refractivity contribution in [2.24, 2.45) is 0 Å². The zero-order valence-electron chi connectivity index (χ0n) is 12.9. The predicted molar refractivity (Wildman–Crippen MR) is 100 cm³/mol. The molecule has 0 N–H and O–H groups in total. The van der Waals surface area contributed by atoms with Crippen LogP contribution >= 0.6 is 15.9 Å². The summed E-state index contributed by atoms with van der Waals surface area (Å²) in [7, 11) is -3.98. The van der Waals surface area contributed by atoms with Crippen molar-refractivity contribution in [1.29, 1.82) is 0 Å². The molecule has 124 valence electrons. The summed E-state index contributed by atoms with van der Waals surface area (Å²) < 4.78 is 28.0. The molecular formula is C19H12BrNO3S. The first-order valence-electron chi connectivity index (χ1n) is 7.54. The SMILES string of the molecule is O=C(c1ccc(Br)cc1)N1c2ccccc2-c2ccccc2S1(=O)=O. The van der Waals surface area contributed by atoms with E-state index in [1.807, 2.05) is 12.1 Å². The summed E-state index contributed by atoms with van der Waals surface area (Å²) in [5, 5.41) is 0. The van der Waals surface area contributed by atoms with E-state index < -0.39 is 15.9 Å². The highest BCUT2D eigenvalue weighted by atomic mass is 79.9. The normalized spacial score (nSPS) is 14.5. The van der Waals surface area contributed by atoms with Crippen molar-refractivity contribution in [3.8, 4) is 11.1 Å². The van der Waals surface area contributed by atoms with Gasteiger partial charge in [-0.15, -0.1) is 0 Å². The topological polar surface area (TPSA) is 54.5 Å². The lowest BCUT2D eigenvalue weighted by atomic mass is 10.0. The average molecular weight is 414 g/mol. The molecule has 1 aliphatic rings. The lowest BCUT2D eigenvalue weighted by Crippen LogP contribution is -2.39. The summed E-state index contributed by atoms with van der Waals surface area (Å²) in [6, 6.07) is 20.4. The minimum absolute atomic E-state index is 0.138. The van der Waals surface area contributed by atoms with Crippen LogP contribution < -0.4 is 4.31 Å². The van der Waals surface area contributed by atoms with Gasteiger partial charge >= 0.3 is 0 Å². The molecule has 1 aliphatic heterocycles. The summed E-state index contributed by atoms with van der Waals surface area (Å²) in [6.07, 6.45) is 0. The Morgan fingerprint density at radius 2 is 1.40 bits per heavy atom. The Balaban J connectivity index is 1.97. The predicted octanol–water partition coefficient (Wildman–Crippen LogP) is 4.47. The first-order chi connectivity index (χ1) is 12.0. The second-order valence-electron chi connectivity index (χ2n) is 5.59. The Kier molecular flexibility index (Phi) is 3.74. The zero-order valence-corrected chi connectivity index (χ0v) is 15.3. The maximum absolute atomic E-state index is 13.1. The van der Waals surface area contributed by atoms with Crippen LogP contribution in [0, 0.1) is 0 Å². The molecule has 4 nitrogen and oxygen atoms in total. The third-order valence-electron chi connectivity index (χ3n) is 4.09. The van der Waals surface area contributed by atoms with Crippen LogP contribution in [0.2, 0.25) is 0 Å². The van der Waals surface area contributed by atoms with E-state index >= 15 is 0 Å². The number of anilines is 1. The summed E-state index contributed by atoms with van der Waals surface area (Å²) in [5.74, 6) is -0.575. The largest absolute Gasteiger partial charge is 0.272 e. The molecule has 0 spiro atoms. The van der Waals surface area contributed by atoms with Crippen molar-refractivity contribution >= 4 is 37.5 Å². The number of hydrogen-bond donors (Lipinski definition) is 0. The van der Waals surface area contributed by atoms with Crippen molar-refractivity contribution in [2.45, 2.75) is 4.90 Å². The molecule has 0 atom stereocenters. The van der Waals surface area contributed by atoms with Crippen LogP contribution in [-0.2, 0) is 10.0 Å². The van der Waals surface area contributed by atoms with Crippen LogP contribution in [-0.4, -0.2) is 14.3 Å². The Morgan fingerprint density at radius 1 is 0.800 bits per heavy atom. The number of sulfonamides is 1. The fourth-order valence-electron chi connectivity index (χ4n) is 2.95. The number of fused-ring (bicyclic) bond motifs is 3. The van der Waals surface area contributed by atoms with Crippen molar-refractivity contribution < 1.29 is 13.2 Å². The van der Waals surface area contributed by atoms with Crippen LogP contribution in [0.1, 0.15) is 10.4 Å². The highest BCUT2D eigenvalue weighted by Gasteiger charge is 2.38. The Bertz CT molecular complexity index is 1090. The molecular weight excluding hydrogens is 402 g/mol. The third-order valence-corrected chi connectivity index (χ3v) is 6.38. The Hall–Kier alpha value is -2.44. The molecule has 0 saturated carbocycles. The van der Waals surface area contributed by atoms with E-state index in [0.29, 0.717) is 16.8 Å². The van der Waals surface area contributed by atoms with Gasteiger partial charge < -0.3 is 0 Å². The summed E-state index contributed by atoms with van der Waals surface area (Å²) in [6.45, 7) is 0. The monoisotopic (exact) mass is 413 g/mol. The average Bonchev–Trinajstić information content (AvgIpc) is 2.62. The van der Waals surface area contributed by atoms with Crippen LogP contribution in [0.25, 0.3) is 11.1 Å². The molecule has 0 aliphatic carbocycles. The molecule has 6 heteroatoms. The Morgan fingerprint density at radius 3 is 2.12 bits per heavy atom. The number of halogens is 1. The molecule has 3 aromatic carbocycles. The van der Waals surface area contributed by atoms with Crippen LogP contribution in [0.15, 0.2) is 82.2 Å². The zero-order chi connectivity index (χ0) is 17.6. The van der Waals surface area contributed by atoms with Crippen molar-refractivity contribution in [3.63, 3.8) is 0 Å². The lowest BCUT2D eigenvalue weighted by Gasteiger charge is -2.30. The van der Waals surface area contributed by atoms with Gasteiger partial charge in [-0.3, -0.25) is 4.79 Å². The second-order valence-corrected chi connectivity index (χ2v) is 8.27. The number of amides is 1. The van der Waals surface area contributed by atoms with Gasteiger partial charge in [-0.05, 0) is 36.4 Å². The van der Waals surface area contributed by atoms with Gasteiger partial charge in [0.25, 0.3) is 15.9 Å². The minimum Gasteiger partial charge on any atom is -0.268 e. The first kappa shape index (κ1) is 16.1. The number of para-hydroxylation sites is 1. The van der Waals surface area contributed by atoms with E-state index in [0.717, 1.165) is 14.3 Å². The van der Waals surface area contributed by atoms with Gasteiger partial charge in [-0.2, -0.15) is 4.31 Å². The number of hydrogen-bond acceptors (Lipinski definition) is 3. The van der Waals surface area contributed by atoms with E-state index in [9.17, 15) is 13.2 Å². The second kappa shape index (κ2) is 5.82. The smallest absolute Gasteiger partial charge is 0.268 e. The third kappa shape index (κ3) is 2.49. The number of carbonyl (C=O) groups excluding carboxylic acids is 1. The minimum atomic E-state index is -3.98. The maximum atomic E-state index is 13.1. The number of benzene rings is 3. The van der Waals surface area contributed by atoms with E-state index in [1.54, 1.807) is 54.6 Å². The highest BCUT2D eigenvalue weighted by molar-refractivity contribution is 9.10. The molecule has 3 aromatic rings.